The lowest BCUT2D eigenvalue weighted by molar-refractivity contribution is -0.235. The first kappa shape index (κ1) is 28.9. The number of halogens is 3. The topological polar surface area (TPSA) is 119 Å². The molecule has 13 heteroatoms. The van der Waals surface area contributed by atoms with Crippen molar-refractivity contribution >= 4 is 28.8 Å². The molecule has 1 aromatic heterocycles. The number of aromatic nitrogens is 1. The van der Waals surface area contributed by atoms with E-state index in [0.29, 0.717) is 17.9 Å². The molecule has 0 saturated carbocycles. The molecule has 0 radical (unpaired) electrons. The summed E-state index contributed by atoms with van der Waals surface area (Å²) in [5.41, 5.74) is 2.47. The van der Waals surface area contributed by atoms with Gasteiger partial charge in [-0.25, -0.2) is 9.59 Å². The first-order valence-electron chi connectivity index (χ1n) is 13.0. The Balaban J connectivity index is 1.41. The van der Waals surface area contributed by atoms with Gasteiger partial charge < -0.3 is 9.57 Å². The molecule has 2 atom stereocenters. The number of urea groups is 1. The maximum Gasteiger partial charge on any atom is 0.493 e. The fraction of sp³-hybridized carbons (Fsp3) is 0.310. The fourth-order valence-corrected chi connectivity index (χ4v) is 4.96. The maximum atomic E-state index is 12.9. The first-order chi connectivity index (χ1) is 19.8. The summed E-state index contributed by atoms with van der Waals surface area (Å²) in [4.78, 5) is 51.4. The molecule has 0 spiro atoms. The lowest BCUT2D eigenvalue weighted by Crippen LogP contribution is -2.52. The third kappa shape index (κ3) is 4.89. The quantitative estimate of drug-likeness (QED) is 0.383. The fourth-order valence-electron chi connectivity index (χ4n) is 4.96. The van der Waals surface area contributed by atoms with Crippen LogP contribution in [0, 0.1) is 12.8 Å². The number of aryl methyl sites for hydroxylation is 1. The van der Waals surface area contributed by atoms with Gasteiger partial charge in [-0.05, 0) is 55.7 Å². The molecule has 10 nitrogen and oxygen atoms in total. The van der Waals surface area contributed by atoms with Crippen molar-refractivity contribution in [3.63, 3.8) is 0 Å². The maximum absolute atomic E-state index is 12.9. The van der Waals surface area contributed by atoms with Gasteiger partial charge in [0.15, 0.2) is 5.54 Å². The van der Waals surface area contributed by atoms with E-state index in [-0.39, 0.29) is 16.7 Å². The van der Waals surface area contributed by atoms with Crippen molar-refractivity contribution < 1.29 is 42.0 Å². The van der Waals surface area contributed by atoms with E-state index in [2.05, 4.69) is 15.3 Å². The highest BCUT2D eigenvalue weighted by Gasteiger charge is 2.60. The zero-order chi connectivity index (χ0) is 30.4. The third-order valence-corrected chi connectivity index (χ3v) is 7.36. The second-order valence-corrected chi connectivity index (χ2v) is 10.5. The zero-order valence-corrected chi connectivity index (χ0v) is 23.0. The van der Waals surface area contributed by atoms with E-state index in [0.717, 1.165) is 29.1 Å². The number of hydrogen-bond acceptors (Lipinski definition) is 8. The van der Waals surface area contributed by atoms with Crippen LogP contribution in [0.3, 0.4) is 0 Å². The summed E-state index contributed by atoms with van der Waals surface area (Å²) < 4.78 is 44.7. The summed E-state index contributed by atoms with van der Waals surface area (Å²) in [6.45, 7) is 7.03. The molecule has 2 unspecified atom stereocenters. The molecule has 1 saturated heterocycles. The molecule has 2 aromatic carbocycles. The number of nitrogens with one attached hydrogen (secondary N) is 2. The third-order valence-electron chi connectivity index (χ3n) is 7.36. The Morgan fingerprint density at radius 3 is 2.48 bits per heavy atom. The summed E-state index contributed by atoms with van der Waals surface area (Å²) in [6.07, 6.45) is -3.90. The summed E-state index contributed by atoms with van der Waals surface area (Å²) >= 11 is 0. The minimum atomic E-state index is -5.39. The number of para-hydroxylation sites is 1. The number of imide groups is 1. The number of nitrogens with zero attached hydrogens (tertiary/aromatic N) is 2. The highest BCUT2D eigenvalue weighted by atomic mass is 19.4. The number of hydrogen-bond donors (Lipinski definition) is 2. The van der Waals surface area contributed by atoms with Crippen LogP contribution in [0.4, 0.5) is 18.0 Å². The molecule has 220 valence electrons. The van der Waals surface area contributed by atoms with Crippen molar-refractivity contribution in [3.8, 4) is 5.75 Å². The number of fused-ring (bicyclic) bond motifs is 1. The Morgan fingerprint density at radius 1 is 1.12 bits per heavy atom. The van der Waals surface area contributed by atoms with Gasteiger partial charge in [0.1, 0.15) is 18.0 Å². The summed E-state index contributed by atoms with van der Waals surface area (Å²) in [7, 11) is 0. The summed E-state index contributed by atoms with van der Waals surface area (Å²) in [6, 6.07) is 15.4. The van der Waals surface area contributed by atoms with E-state index in [1.165, 1.54) is 6.08 Å². The van der Waals surface area contributed by atoms with Crippen LogP contribution in [0.2, 0.25) is 0 Å². The monoisotopic (exact) mass is 584 g/mol. The van der Waals surface area contributed by atoms with Crippen molar-refractivity contribution in [1.29, 1.82) is 0 Å². The number of pyridine rings is 1. The van der Waals surface area contributed by atoms with Crippen LogP contribution >= 0.6 is 0 Å². The molecule has 1 fully saturated rings. The molecule has 3 aromatic rings. The molecular formula is C29H27F3N4O6. The van der Waals surface area contributed by atoms with Gasteiger partial charge in [-0.1, -0.05) is 44.2 Å². The van der Waals surface area contributed by atoms with Gasteiger partial charge in [0, 0.05) is 16.6 Å². The number of alkyl halides is 3. The van der Waals surface area contributed by atoms with E-state index in [4.69, 9.17) is 9.57 Å². The summed E-state index contributed by atoms with van der Waals surface area (Å²) in [5.74, 6) is -3.36. The minimum absolute atomic E-state index is 0.0607. The number of ether oxygens (including phenoxy) is 1. The molecule has 0 bridgehead atoms. The van der Waals surface area contributed by atoms with Crippen LogP contribution in [0.5, 0.6) is 5.75 Å². The van der Waals surface area contributed by atoms with Crippen molar-refractivity contribution in [1.82, 2.24) is 20.8 Å². The number of rotatable bonds is 7. The van der Waals surface area contributed by atoms with Crippen LogP contribution in [0.25, 0.3) is 10.9 Å². The highest BCUT2D eigenvalue weighted by Crippen LogP contribution is 2.43. The highest BCUT2D eigenvalue weighted by molar-refractivity contribution is 6.08. The van der Waals surface area contributed by atoms with Crippen LogP contribution in [-0.4, -0.2) is 39.7 Å². The second-order valence-electron chi connectivity index (χ2n) is 10.5. The van der Waals surface area contributed by atoms with E-state index in [9.17, 15) is 27.6 Å². The Hall–Kier alpha value is -4.65. The Labute approximate surface area is 238 Å². The molecule has 5 rings (SSSR count). The van der Waals surface area contributed by atoms with Gasteiger partial charge in [0.2, 0.25) is 0 Å². The molecule has 2 N–H and O–H groups in total. The molecule has 42 heavy (non-hydrogen) atoms. The number of hydroxylamine groups is 3. The SMILES string of the molecule is Cc1cc(COc2ccc(C3(C(C)C)C=C(C4(C)C(=O)NC(=O)N4OC(=O)C(F)(F)F)NO3)cc2)c2ccccc2n1. The van der Waals surface area contributed by atoms with Gasteiger partial charge in [0.25, 0.3) is 5.91 Å². The van der Waals surface area contributed by atoms with Crippen molar-refractivity contribution in [2.24, 2.45) is 5.92 Å². The largest absolute Gasteiger partial charge is 0.493 e. The molecular weight excluding hydrogens is 557 g/mol. The van der Waals surface area contributed by atoms with Crippen molar-refractivity contribution in [2.75, 3.05) is 0 Å². The molecule has 3 heterocycles. The molecule has 3 amide bonds. The number of carbonyl (C=O) groups is 3. The van der Waals surface area contributed by atoms with Crippen LogP contribution < -0.4 is 15.5 Å². The van der Waals surface area contributed by atoms with Gasteiger partial charge in [-0.15, -0.1) is 5.06 Å². The van der Waals surface area contributed by atoms with Crippen molar-refractivity contribution in [3.05, 3.63) is 83.2 Å². The first-order valence-corrected chi connectivity index (χ1v) is 13.0. The molecule has 0 aliphatic carbocycles. The average Bonchev–Trinajstić information content (AvgIpc) is 3.49. The minimum Gasteiger partial charge on any atom is -0.489 e. The van der Waals surface area contributed by atoms with Crippen LogP contribution in [-0.2, 0) is 31.5 Å². The van der Waals surface area contributed by atoms with Gasteiger partial charge in [0.05, 0.1) is 11.2 Å². The van der Waals surface area contributed by atoms with E-state index >= 15 is 0 Å². The van der Waals surface area contributed by atoms with Gasteiger partial charge >= 0.3 is 18.2 Å². The number of amides is 3. The van der Waals surface area contributed by atoms with Crippen molar-refractivity contribution in [2.45, 2.75) is 51.6 Å². The average molecular weight is 585 g/mol. The van der Waals surface area contributed by atoms with Crippen LogP contribution in [0.15, 0.2) is 66.4 Å². The standard InChI is InChI=1S/C29H27F3N4O6/c1-16(2)28(14-23(35-42-28)27(4)24(37)34-26(39)36(27)41-25(38)29(30,31)32)19-9-11-20(12-10-19)40-15-18-13-17(3)33-22-8-6-5-7-21(18)22/h5-14,16,35H,15H2,1-4H3,(H,34,37,39). The molecule has 2 aliphatic rings. The normalized spacial score (nSPS) is 22.3. The van der Waals surface area contributed by atoms with Gasteiger partial charge in [-0.2, -0.15) is 13.2 Å². The van der Waals surface area contributed by atoms with Gasteiger partial charge in [-0.3, -0.25) is 25.4 Å². The second kappa shape index (κ2) is 10.3. The zero-order valence-electron chi connectivity index (χ0n) is 23.0. The van der Waals surface area contributed by atoms with E-state index < -0.39 is 35.2 Å². The lowest BCUT2D eigenvalue weighted by atomic mass is 9.81. The van der Waals surface area contributed by atoms with Crippen LogP contribution in [0.1, 0.15) is 37.6 Å². The van der Waals surface area contributed by atoms with E-state index in [1.807, 2.05) is 56.4 Å². The smallest absolute Gasteiger partial charge is 0.489 e. The van der Waals surface area contributed by atoms with E-state index in [1.54, 1.807) is 24.3 Å². The lowest BCUT2D eigenvalue weighted by Gasteiger charge is -2.30. The Kier molecular flexibility index (Phi) is 7.09. The predicted octanol–water partition coefficient (Wildman–Crippen LogP) is 4.72. The summed E-state index contributed by atoms with van der Waals surface area (Å²) in [5, 5.41) is 2.93. The Morgan fingerprint density at radius 2 is 1.81 bits per heavy atom. The number of carbonyl (C=O) groups excluding carboxylic acids is 3. The Bertz CT molecular complexity index is 1610. The molecule has 2 aliphatic heterocycles. The predicted molar refractivity (Wildman–Crippen MR) is 142 cm³/mol. The number of benzene rings is 2.